The zero-order valence-corrected chi connectivity index (χ0v) is 9.82. The van der Waals surface area contributed by atoms with E-state index in [0.29, 0.717) is 0 Å². The summed E-state index contributed by atoms with van der Waals surface area (Å²) in [6, 6.07) is 9.58. The summed E-state index contributed by atoms with van der Waals surface area (Å²) in [6.07, 6.45) is 3.35. The Kier molecular flexibility index (Phi) is 4.63. The Morgan fingerprint density at radius 2 is 1.80 bits per heavy atom. The molecule has 15 heavy (non-hydrogen) atoms. The zero-order valence-electron chi connectivity index (χ0n) is 9.82. The molecule has 0 aliphatic carbocycles. The van der Waals surface area contributed by atoms with Gasteiger partial charge in [0.2, 0.25) is 0 Å². The summed E-state index contributed by atoms with van der Waals surface area (Å²) in [6.45, 7) is 6.27. The van der Waals surface area contributed by atoms with Gasteiger partial charge in [-0.3, -0.25) is 0 Å². The van der Waals surface area contributed by atoms with Crippen molar-refractivity contribution in [2.45, 2.75) is 45.6 Å². The largest absolute Gasteiger partial charge is 0.337 e. The average Bonchev–Trinajstić information content (AvgIpc) is 2.25. The van der Waals surface area contributed by atoms with Crippen LogP contribution in [0.3, 0.4) is 0 Å². The lowest BCUT2D eigenvalue weighted by molar-refractivity contribution is -0.282. The molecule has 0 saturated heterocycles. The van der Waals surface area contributed by atoms with Gasteiger partial charge < -0.3 is 4.89 Å². The SMILES string of the molecule is CCCCC(C)(C)OOc1ccccc1. The Hall–Kier alpha value is -1.02. The predicted octanol–water partition coefficient (Wildman–Crippen LogP) is 3.97. The minimum atomic E-state index is -0.216. The van der Waals surface area contributed by atoms with Gasteiger partial charge in [-0.25, -0.2) is 0 Å². The van der Waals surface area contributed by atoms with Crippen molar-refractivity contribution in [3.8, 4) is 5.75 Å². The maximum atomic E-state index is 5.42. The highest BCUT2D eigenvalue weighted by Crippen LogP contribution is 2.20. The molecule has 0 spiro atoms. The van der Waals surface area contributed by atoms with Crippen LogP contribution in [0.5, 0.6) is 5.75 Å². The molecule has 0 amide bonds. The topological polar surface area (TPSA) is 18.5 Å². The highest BCUT2D eigenvalue weighted by atomic mass is 17.2. The van der Waals surface area contributed by atoms with Crippen molar-refractivity contribution < 1.29 is 9.78 Å². The standard InChI is InChI=1S/C13H20O2/c1-4-5-11-13(2,3)15-14-12-9-7-6-8-10-12/h6-10H,4-5,11H2,1-3H3. The second-order valence-electron chi connectivity index (χ2n) is 4.34. The van der Waals surface area contributed by atoms with Crippen LogP contribution in [-0.4, -0.2) is 5.60 Å². The molecule has 0 radical (unpaired) electrons. The summed E-state index contributed by atoms with van der Waals surface area (Å²) >= 11 is 0. The number of para-hydroxylation sites is 1. The quantitative estimate of drug-likeness (QED) is 0.520. The van der Waals surface area contributed by atoms with E-state index in [9.17, 15) is 0 Å². The summed E-state index contributed by atoms with van der Waals surface area (Å²) in [5, 5.41) is 0. The van der Waals surface area contributed by atoms with Crippen molar-refractivity contribution in [3.63, 3.8) is 0 Å². The summed E-state index contributed by atoms with van der Waals surface area (Å²) in [7, 11) is 0. The first-order valence-electron chi connectivity index (χ1n) is 5.55. The van der Waals surface area contributed by atoms with Crippen LogP contribution in [0.1, 0.15) is 40.0 Å². The van der Waals surface area contributed by atoms with E-state index >= 15 is 0 Å². The van der Waals surface area contributed by atoms with Crippen molar-refractivity contribution in [1.29, 1.82) is 0 Å². The van der Waals surface area contributed by atoms with Gasteiger partial charge in [-0.1, -0.05) is 38.0 Å². The van der Waals surface area contributed by atoms with Crippen molar-refractivity contribution in [2.75, 3.05) is 0 Å². The van der Waals surface area contributed by atoms with Gasteiger partial charge >= 0.3 is 0 Å². The lowest BCUT2D eigenvalue weighted by Gasteiger charge is -2.23. The molecule has 0 atom stereocenters. The Morgan fingerprint density at radius 1 is 1.13 bits per heavy atom. The molecule has 2 heteroatoms. The molecule has 84 valence electrons. The van der Waals surface area contributed by atoms with Crippen molar-refractivity contribution in [2.24, 2.45) is 0 Å². The number of unbranched alkanes of at least 4 members (excludes halogenated alkanes) is 1. The van der Waals surface area contributed by atoms with E-state index in [1.165, 1.54) is 6.42 Å². The normalized spacial score (nSPS) is 11.4. The molecule has 0 aliphatic heterocycles. The van der Waals surface area contributed by atoms with Gasteiger partial charge in [0, 0.05) is 0 Å². The summed E-state index contributed by atoms with van der Waals surface area (Å²) in [5.41, 5.74) is -0.216. The van der Waals surface area contributed by atoms with Crippen LogP contribution in [0.4, 0.5) is 0 Å². The molecule has 0 aromatic heterocycles. The van der Waals surface area contributed by atoms with Crippen LogP contribution < -0.4 is 4.89 Å². The molecular formula is C13H20O2. The Morgan fingerprint density at radius 3 is 2.40 bits per heavy atom. The number of rotatable bonds is 6. The fraction of sp³-hybridized carbons (Fsp3) is 0.538. The fourth-order valence-electron chi connectivity index (χ4n) is 1.28. The number of hydrogen-bond donors (Lipinski definition) is 0. The van der Waals surface area contributed by atoms with E-state index in [4.69, 9.17) is 9.78 Å². The van der Waals surface area contributed by atoms with Crippen LogP contribution >= 0.6 is 0 Å². The van der Waals surface area contributed by atoms with E-state index in [2.05, 4.69) is 6.92 Å². The van der Waals surface area contributed by atoms with Crippen molar-refractivity contribution >= 4 is 0 Å². The maximum Gasteiger partial charge on any atom is 0.165 e. The molecule has 2 nitrogen and oxygen atoms in total. The van der Waals surface area contributed by atoms with Gasteiger partial charge in [-0.15, -0.1) is 0 Å². The van der Waals surface area contributed by atoms with E-state index in [0.717, 1.165) is 18.6 Å². The molecule has 0 unspecified atom stereocenters. The second-order valence-corrected chi connectivity index (χ2v) is 4.34. The molecule has 1 aromatic rings. The van der Waals surface area contributed by atoms with Gasteiger partial charge in [0.05, 0.1) is 0 Å². The zero-order chi connectivity index (χ0) is 11.1. The summed E-state index contributed by atoms with van der Waals surface area (Å²) in [5.74, 6) is 0.752. The molecule has 0 saturated carbocycles. The first-order valence-corrected chi connectivity index (χ1v) is 5.55. The van der Waals surface area contributed by atoms with Crippen molar-refractivity contribution in [3.05, 3.63) is 30.3 Å². The average molecular weight is 208 g/mol. The van der Waals surface area contributed by atoms with Gasteiger partial charge in [0.15, 0.2) is 5.75 Å². The van der Waals surface area contributed by atoms with Crippen LogP contribution in [0, 0.1) is 0 Å². The third-order valence-corrected chi connectivity index (χ3v) is 2.24. The number of hydrogen-bond acceptors (Lipinski definition) is 2. The fourth-order valence-corrected chi connectivity index (χ4v) is 1.28. The molecule has 0 bridgehead atoms. The maximum absolute atomic E-state index is 5.42. The molecule has 0 N–H and O–H groups in total. The van der Waals surface area contributed by atoms with Crippen LogP contribution in [0.25, 0.3) is 0 Å². The Bertz CT molecular complexity index is 267. The van der Waals surface area contributed by atoms with Gasteiger partial charge in [-0.2, -0.15) is 4.89 Å². The highest BCUT2D eigenvalue weighted by molar-refractivity contribution is 5.20. The van der Waals surface area contributed by atoms with Crippen LogP contribution in [0.15, 0.2) is 30.3 Å². The van der Waals surface area contributed by atoms with Crippen LogP contribution in [0.2, 0.25) is 0 Å². The molecule has 0 fully saturated rings. The van der Waals surface area contributed by atoms with Gasteiger partial charge in [0.1, 0.15) is 5.60 Å². The van der Waals surface area contributed by atoms with Gasteiger partial charge in [0.25, 0.3) is 0 Å². The lowest BCUT2D eigenvalue weighted by atomic mass is 10.0. The Labute approximate surface area is 92.1 Å². The van der Waals surface area contributed by atoms with Gasteiger partial charge in [-0.05, 0) is 32.4 Å². The first kappa shape index (κ1) is 12.1. The molecule has 1 rings (SSSR count). The third-order valence-electron chi connectivity index (χ3n) is 2.24. The molecule has 0 aliphatic rings. The Balaban J connectivity index is 2.35. The highest BCUT2D eigenvalue weighted by Gasteiger charge is 2.19. The summed E-state index contributed by atoms with van der Waals surface area (Å²) < 4.78 is 0. The second kappa shape index (κ2) is 5.76. The van der Waals surface area contributed by atoms with Crippen molar-refractivity contribution in [1.82, 2.24) is 0 Å². The predicted molar refractivity (Wildman–Crippen MR) is 61.8 cm³/mol. The minimum Gasteiger partial charge on any atom is -0.337 e. The molecular weight excluding hydrogens is 188 g/mol. The number of benzene rings is 1. The molecule has 1 aromatic carbocycles. The van der Waals surface area contributed by atoms with E-state index in [-0.39, 0.29) is 5.60 Å². The van der Waals surface area contributed by atoms with E-state index < -0.39 is 0 Å². The third kappa shape index (κ3) is 4.84. The smallest absolute Gasteiger partial charge is 0.165 e. The monoisotopic (exact) mass is 208 g/mol. The van der Waals surface area contributed by atoms with E-state index in [1.807, 2.05) is 44.2 Å². The van der Waals surface area contributed by atoms with E-state index in [1.54, 1.807) is 0 Å². The molecule has 0 heterocycles. The summed E-state index contributed by atoms with van der Waals surface area (Å²) in [4.78, 5) is 10.7. The van der Waals surface area contributed by atoms with Crippen LogP contribution in [-0.2, 0) is 4.89 Å². The first-order chi connectivity index (χ1) is 7.14. The minimum absolute atomic E-state index is 0.216. The lowest BCUT2D eigenvalue weighted by Crippen LogP contribution is -2.26.